The van der Waals surface area contributed by atoms with Crippen LogP contribution in [0, 0.1) is 0 Å². The molecule has 0 saturated heterocycles. The second-order valence-corrected chi connectivity index (χ2v) is 4.64. The molecule has 0 fully saturated rings. The first-order valence-electron chi connectivity index (χ1n) is 6.18. The Kier molecular flexibility index (Phi) is 4.99. The van der Waals surface area contributed by atoms with Crippen molar-refractivity contribution >= 4 is 17.9 Å². The van der Waals surface area contributed by atoms with Crippen molar-refractivity contribution in [1.29, 1.82) is 0 Å². The third-order valence-electron chi connectivity index (χ3n) is 2.74. The second kappa shape index (κ2) is 6.95. The lowest BCUT2D eigenvalue weighted by Gasteiger charge is -2.08. The number of aldehydes is 1. The second-order valence-electron chi connectivity index (χ2n) is 4.23. The molecule has 0 spiro atoms. The smallest absolute Gasteiger partial charge is 0.137 e. The molecule has 0 bridgehead atoms. The third kappa shape index (κ3) is 4.11. The van der Waals surface area contributed by atoms with E-state index < -0.39 is 0 Å². The summed E-state index contributed by atoms with van der Waals surface area (Å²) in [6, 6.07) is 16.0. The highest BCUT2D eigenvalue weighted by molar-refractivity contribution is 6.32. The average molecular weight is 275 g/mol. The van der Waals surface area contributed by atoms with Crippen molar-refractivity contribution in [2.75, 3.05) is 6.61 Å². The van der Waals surface area contributed by atoms with Gasteiger partial charge in [-0.25, -0.2) is 0 Å². The summed E-state index contributed by atoms with van der Waals surface area (Å²) in [6.45, 7) is 0.362. The van der Waals surface area contributed by atoms with Crippen LogP contribution in [0.25, 0.3) is 0 Å². The van der Waals surface area contributed by atoms with E-state index in [1.165, 1.54) is 5.56 Å². The van der Waals surface area contributed by atoms with Crippen molar-refractivity contribution in [2.45, 2.75) is 12.8 Å². The van der Waals surface area contributed by atoms with Gasteiger partial charge >= 0.3 is 0 Å². The first-order valence-corrected chi connectivity index (χ1v) is 6.56. The Bertz CT molecular complexity index is 538. The SMILES string of the molecule is O=CCCOc1ccc(Cc2ccccc2)cc1Cl. The van der Waals surface area contributed by atoms with E-state index in [-0.39, 0.29) is 0 Å². The highest BCUT2D eigenvalue weighted by Crippen LogP contribution is 2.26. The summed E-state index contributed by atoms with van der Waals surface area (Å²) < 4.78 is 5.42. The van der Waals surface area contributed by atoms with Crippen LogP contribution < -0.4 is 4.74 Å². The van der Waals surface area contributed by atoms with Crippen LogP contribution in [0.5, 0.6) is 5.75 Å². The summed E-state index contributed by atoms with van der Waals surface area (Å²) >= 11 is 6.16. The standard InChI is InChI=1S/C16H15ClO2/c17-15-12-14(11-13-5-2-1-3-6-13)7-8-16(15)19-10-4-9-18/h1-3,5-9,12H,4,10-11H2. The van der Waals surface area contributed by atoms with Crippen LogP contribution in [0.3, 0.4) is 0 Å². The maximum Gasteiger partial charge on any atom is 0.137 e. The van der Waals surface area contributed by atoms with Gasteiger partial charge in [0.25, 0.3) is 0 Å². The number of halogens is 1. The molecule has 0 radical (unpaired) electrons. The van der Waals surface area contributed by atoms with Crippen LogP contribution in [0.15, 0.2) is 48.5 Å². The molecule has 0 N–H and O–H groups in total. The monoisotopic (exact) mass is 274 g/mol. The molecule has 2 aromatic carbocycles. The van der Waals surface area contributed by atoms with Crippen LogP contribution in [-0.4, -0.2) is 12.9 Å². The number of ether oxygens (including phenoxy) is 1. The topological polar surface area (TPSA) is 26.3 Å². The van der Waals surface area contributed by atoms with E-state index in [4.69, 9.17) is 16.3 Å². The molecule has 0 heterocycles. The summed E-state index contributed by atoms with van der Waals surface area (Å²) in [7, 11) is 0. The van der Waals surface area contributed by atoms with Gasteiger partial charge in [-0.3, -0.25) is 0 Å². The van der Waals surface area contributed by atoms with Gasteiger partial charge in [0.05, 0.1) is 11.6 Å². The van der Waals surface area contributed by atoms with Crippen molar-refractivity contribution in [3.63, 3.8) is 0 Å². The number of carbonyl (C=O) groups excluding carboxylic acids is 1. The Labute approximate surface area is 118 Å². The van der Waals surface area contributed by atoms with Crippen LogP contribution in [-0.2, 0) is 11.2 Å². The summed E-state index contributed by atoms with van der Waals surface area (Å²) in [6.07, 6.45) is 2.05. The molecule has 3 heteroatoms. The number of carbonyl (C=O) groups is 1. The fraction of sp³-hybridized carbons (Fsp3) is 0.188. The number of hydrogen-bond donors (Lipinski definition) is 0. The van der Waals surface area contributed by atoms with Crippen LogP contribution in [0.2, 0.25) is 5.02 Å². The third-order valence-corrected chi connectivity index (χ3v) is 3.04. The van der Waals surface area contributed by atoms with Gasteiger partial charge in [0, 0.05) is 6.42 Å². The highest BCUT2D eigenvalue weighted by atomic mass is 35.5. The van der Waals surface area contributed by atoms with Crippen molar-refractivity contribution in [3.05, 3.63) is 64.7 Å². The lowest BCUT2D eigenvalue weighted by atomic mass is 10.1. The zero-order valence-corrected chi connectivity index (χ0v) is 11.3. The van der Waals surface area contributed by atoms with E-state index in [0.29, 0.717) is 23.8 Å². The van der Waals surface area contributed by atoms with Gasteiger partial charge in [-0.15, -0.1) is 0 Å². The quantitative estimate of drug-likeness (QED) is 0.590. The fourth-order valence-electron chi connectivity index (χ4n) is 1.82. The predicted octanol–water partition coefficient (Wildman–Crippen LogP) is 3.90. The van der Waals surface area contributed by atoms with Gasteiger partial charge in [-0.2, -0.15) is 0 Å². The molecule has 19 heavy (non-hydrogen) atoms. The van der Waals surface area contributed by atoms with Gasteiger partial charge in [0.2, 0.25) is 0 Å². The molecule has 0 amide bonds. The molecule has 2 aromatic rings. The minimum Gasteiger partial charge on any atom is -0.492 e. The summed E-state index contributed by atoms with van der Waals surface area (Å²) in [4.78, 5) is 10.2. The summed E-state index contributed by atoms with van der Waals surface area (Å²) in [5, 5.41) is 0.583. The Morgan fingerprint density at radius 1 is 1.05 bits per heavy atom. The molecule has 0 atom stereocenters. The molecule has 0 aliphatic heterocycles. The molecular formula is C16H15ClO2. The number of benzene rings is 2. The molecular weight excluding hydrogens is 260 g/mol. The molecule has 0 unspecified atom stereocenters. The first-order chi connectivity index (χ1) is 9.29. The van der Waals surface area contributed by atoms with E-state index in [1.54, 1.807) is 0 Å². The molecule has 0 aliphatic rings. The average Bonchev–Trinajstić information content (AvgIpc) is 2.43. The van der Waals surface area contributed by atoms with E-state index in [1.807, 2.05) is 36.4 Å². The van der Waals surface area contributed by atoms with Crippen molar-refractivity contribution in [1.82, 2.24) is 0 Å². The Hall–Kier alpha value is -1.80. The fourth-order valence-corrected chi connectivity index (χ4v) is 2.08. The van der Waals surface area contributed by atoms with E-state index in [0.717, 1.165) is 18.3 Å². The molecule has 98 valence electrons. The van der Waals surface area contributed by atoms with E-state index in [2.05, 4.69) is 12.1 Å². The molecule has 0 saturated carbocycles. The van der Waals surface area contributed by atoms with Gasteiger partial charge < -0.3 is 9.53 Å². The maximum absolute atomic E-state index is 10.2. The van der Waals surface area contributed by atoms with Crippen molar-refractivity contribution < 1.29 is 9.53 Å². The van der Waals surface area contributed by atoms with E-state index >= 15 is 0 Å². The predicted molar refractivity (Wildman–Crippen MR) is 76.9 cm³/mol. The number of rotatable bonds is 6. The molecule has 0 aliphatic carbocycles. The minimum absolute atomic E-state index is 0.362. The lowest BCUT2D eigenvalue weighted by Crippen LogP contribution is -1.98. The van der Waals surface area contributed by atoms with Crippen molar-refractivity contribution in [2.24, 2.45) is 0 Å². The van der Waals surface area contributed by atoms with E-state index in [9.17, 15) is 4.79 Å². The lowest BCUT2D eigenvalue weighted by molar-refractivity contribution is -0.108. The largest absolute Gasteiger partial charge is 0.492 e. The van der Waals surface area contributed by atoms with Gasteiger partial charge in [0.15, 0.2) is 0 Å². The van der Waals surface area contributed by atoms with Gasteiger partial charge in [0.1, 0.15) is 12.0 Å². The molecule has 2 nitrogen and oxygen atoms in total. The van der Waals surface area contributed by atoms with Crippen LogP contribution >= 0.6 is 11.6 Å². The summed E-state index contributed by atoms with van der Waals surface area (Å²) in [5.74, 6) is 0.625. The van der Waals surface area contributed by atoms with Crippen LogP contribution in [0.4, 0.5) is 0 Å². The maximum atomic E-state index is 10.2. The highest BCUT2D eigenvalue weighted by Gasteiger charge is 2.04. The summed E-state index contributed by atoms with van der Waals surface area (Å²) in [5.41, 5.74) is 2.38. The van der Waals surface area contributed by atoms with Crippen LogP contribution in [0.1, 0.15) is 17.5 Å². The number of hydrogen-bond acceptors (Lipinski definition) is 2. The van der Waals surface area contributed by atoms with Gasteiger partial charge in [-0.05, 0) is 29.7 Å². The van der Waals surface area contributed by atoms with Crippen molar-refractivity contribution in [3.8, 4) is 5.75 Å². The Morgan fingerprint density at radius 3 is 2.53 bits per heavy atom. The molecule has 2 rings (SSSR count). The zero-order valence-electron chi connectivity index (χ0n) is 10.5. The van der Waals surface area contributed by atoms with Gasteiger partial charge in [-0.1, -0.05) is 48.0 Å². The Balaban J connectivity index is 2.04. The zero-order chi connectivity index (χ0) is 13.5. The Morgan fingerprint density at radius 2 is 1.84 bits per heavy atom. The normalized spacial score (nSPS) is 10.2. The minimum atomic E-state index is 0.362. The first kappa shape index (κ1) is 13.6. The molecule has 0 aromatic heterocycles.